The molecule has 35 heavy (non-hydrogen) atoms. The predicted octanol–water partition coefficient (Wildman–Crippen LogP) is 3.55. The van der Waals surface area contributed by atoms with E-state index in [0.29, 0.717) is 19.4 Å². The van der Waals surface area contributed by atoms with E-state index in [1.807, 2.05) is 31.2 Å². The van der Waals surface area contributed by atoms with Gasteiger partial charge in [-0.25, -0.2) is 4.79 Å². The third kappa shape index (κ3) is 5.82. The lowest BCUT2D eigenvalue weighted by Crippen LogP contribution is -2.43. The molecule has 0 spiro atoms. The Bertz CT molecular complexity index is 1030. The van der Waals surface area contributed by atoms with E-state index in [4.69, 9.17) is 14.6 Å². The van der Waals surface area contributed by atoms with Crippen molar-refractivity contribution in [1.29, 1.82) is 0 Å². The van der Waals surface area contributed by atoms with Crippen LogP contribution < -0.4 is 10.6 Å². The molecule has 186 valence electrons. The van der Waals surface area contributed by atoms with Crippen molar-refractivity contribution in [3.63, 3.8) is 0 Å². The van der Waals surface area contributed by atoms with Crippen LogP contribution in [0.1, 0.15) is 43.2 Å². The van der Waals surface area contributed by atoms with Crippen molar-refractivity contribution < 1.29 is 29.0 Å². The molecule has 0 bridgehead atoms. The quantitative estimate of drug-likeness (QED) is 0.479. The lowest BCUT2D eigenvalue weighted by Gasteiger charge is -2.20. The average molecular weight is 481 g/mol. The van der Waals surface area contributed by atoms with Crippen molar-refractivity contribution >= 4 is 18.0 Å². The Labute approximate surface area is 205 Å². The molecule has 1 aliphatic carbocycles. The molecule has 1 fully saturated rings. The van der Waals surface area contributed by atoms with Crippen molar-refractivity contribution in [2.75, 3.05) is 26.3 Å². The first kappa shape index (κ1) is 24.7. The molecule has 0 radical (unpaired) electrons. The number of fused-ring (bicyclic) bond motifs is 3. The zero-order valence-corrected chi connectivity index (χ0v) is 19.9. The van der Waals surface area contributed by atoms with Crippen LogP contribution in [-0.2, 0) is 19.1 Å². The normalized spacial score (nSPS) is 19.5. The number of hydrogen-bond donors (Lipinski definition) is 3. The van der Waals surface area contributed by atoms with Gasteiger partial charge in [0, 0.05) is 38.0 Å². The standard InChI is InChI=1S/C27H32N2O6/c1-2-17(13-24(30)31)14-28-26(32)25-18(11-12-34-25)15-29-27(33)35-16-23-21-9-5-3-7-19(21)20-8-4-6-10-22(20)23/h3-10,17-18,23,25H,2,11-16H2,1H3,(H,28,32)(H,29,33)(H,30,31)/t17?,18-,25-/m1/s1. The molecule has 1 unspecified atom stereocenters. The Balaban J connectivity index is 1.26. The number of carboxylic acid groups (broad SMARTS) is 1. The van der Waals surface area contributed by atoms with E-state index in [0.717, 1.165) is 11.1 Å². The second-order valence-electron chi connectivity index (χ2n) is 9.16. The molecule has 0 aromatic heterocycles. The molecule has 1 saturated heterocycles. The lowest BCUT2D eigenvalue weighted by atomic mass is 9.98. The first-order valence-corrected chi connectivity index (χ1v) is 12.2. The Kier molecular flexibility index (Phi) is 8.02. The van der Waals surface area contributed by atoms with E-state index in [9.17, 15) is 14.4 Å². The zero-order valence-electron chi connectivity index (χ0n) is 19.9. The van der Waals surface area contributed by atoms with Crippen LogP contribution in [0.3, 0.4) is 0 Å². The number of carbonyl (C=O) groups is 3. The van der Waals surface area contributed by atoms with E-state index >= 15 is 0 Å². The van der Waals surface area contributed by atoms with Crippen LogP contribution in [0.25, 0.3) is 11.1 Å². The molecule has 1 aliphatic heterocycles. The molecular formula is C27H32N2O6. The number of hydrogen-bond acceptors (Lipinski definition) is 5. The molecule has 2 aliphatic rings. The second kappa shape index (κ2) is 11.4. The van der Waals surface area contributed by atoms with Gasteiger partial charge in [0.15, 0.2) is 0 Å². The van der Waals surface area contributed by atoms with E-state index in [1.54, 1.807) is 0 Å². The van der Waals surface area contributed by atoms with Crippen LogP contribution in [-0.4, -0.2) is 55.5 Å². The first-order valence-electron chi connectivity index (χ1n) is 12.2. The summed E-state index contributed by atoms with van der Waals surface area (Å²) in [5.74, 6) is -1.47. The number of carbonyl (C=O) groups excluding carboxylic acids is 2. The maximum Gasteiger partial charge on any atom is 0.407 e. The van der Waals surface area contributed by atoms with E-state index < -0.39 is 18.2 Å². The molecule has 1 heterocycles. The number of aliphatic carboxylic acids is 1. The Hall–Kier alpha value is -3.39. The van der Waals surface area contributed by atoms with Gasteiger partial charge in [-0.05, 0) is 34.6 Å². The molecule has 4 rings (SSSR count). The number of carboxylic acids is 1. The van der Waals surface area contributed by atoms with Gasteiger partial charge in [0.1, 0.15) is 12.7 Å². The van der Waals surface area contributed by atoms with Crippen molar-refractivity contribution in [3.05, 3.63) is 59.7 Å². The minimum Gasteiger partial charge on any atom is -0.481 e. The topological polar surface area (TPSA) is 114 Å². The van der Waals surface area contributed by atoms with Gasteiger partial charge in [0.05, 0.1) is 0 Å². The molecular weight excluding hydrogens is 448 g/mol. The number of nitrogens with one attached hydrogen (secondary N) is 2. The van der Waals surface area contributed by atoms with Gasteiger partial charge < -0.3 is 25.2 Å². The summed E-state index contributed by atoms with van der Waals surface area (Å²) >= 11 is 0. The van der Waals surface area contributed by atoms with Crippen LogP contribution >= 0.6 is 0 Å². The highest BCUT2D eigenvalue weighted by Crippen LogP contribution is 2.44. The van der Waals surface area contributed by atoms with E-state index in [1.165, 1.54) is 11.1 Å². The average Bonchev–Trinajstić information content (AvgIpc) is 3.46. The third-order valence-corrected chi connectivity index (χ3v) is 6.93. The molecule has 2 aromatic carbocycles. The van der Waals surface area contributed by atoms with Gasteiger partial charge in [0.2, 0.25) is 5.91 Å². The Morgan fingerprint density at radius 3 is 2.34 bits per heavy atom. The van der Waals surface area contributed by atoms with Crippen LogP contribution in [0.5, 0.6) is 0 Å². The van der Waals surface area contributed by atoms with Crippen molar-refractivity contribution in [2.24, 2.45) is 11.8 Å². The van der Waals surface area contributed by atoms with Gasteiger partial charge in [-0.3, -0.25) is 9.59 Å². The minimum atomic E-state index is -0.881. The van der Waals surface area contributed by atoms with Crippen molar-refractivity contribution in [2.45, 2.75) is 38.2 Å². The molecule has 8 nitrogen and oxygen atoms in total. The Morgan fingerprint density at radius 1 is 1.06 bits per heavy atom. The summed E-state index contributed by atoms with van der Waals surface area (Å²) in [6, 6.07) is 16.3. The number of rotatable bonds is 10. The molecule has 3 N–H and O–H groups in total. The summed E-state index contributed by atoms with van der Waals surface area (Å²) < 4.78 is 11.2. The highest BCUT2D eigenvalue weighted by atomic mass is 16.5. The number of ether oxygens (including phenoxy) is 2. The van der Waals surface area contributed by atoms with Crippen molar-refractivity contribution in [1.82, 2.24) is 10.6 Å². The van der Waals surface area contributed by atoms with Crippen LogP contribution in [0.2, 0.25) is 0 Å². The van der Waals surface area contributed by atoms with E-state index in [-0.39, 0.29) is 49.8 Å². The smallest absolute Gasteiger partial charge is 0.407 e. The maximum atomic E-state index is 12.6. The van der Waals surface area contributed by atoms with Crippen LogP contribution in [0.4, 0.5) is 4.79 Å². The summed E-state index contributed by atoms with van der Waals surface area (Å²) in [6.45, 7) is 3.11. The third-order valence-electron chi connectivity index (χ3n) is 6.93. The number of amides is 2. The van der Waals surface area contributed by atoms with Gasteiger partial charge in [-0.15, -0.1) is 0 Å². The van der Waals surface area contributed by atoms with Gasteiger partial charge in [-0.1, -0.05) is 61.9 Å². The molecule has 0 saturated carbocycles. The molecule has 2 aromatic rings. The van der Waals surface area contributed by atoms with Gasteiger partial charge >= 0.3 is 12.1 Å². The fourth-order valence-electron chi connectivity index (χ4n) is 4.95. The first-order chi connectivity index (χ1) is 17.0. The monoisotopic (exact) mass is 480 g/mol. The highest BCUT2D eigenvalue weighted by Gasteiger charge is 2.35. The van der Waals surface area contributed by atoms with Crippen LogP contribution in [0, 0.1) is 11.8 Å². The molecule has 2 amide bonds. The van der Waals surface area contributed by atoms with Gasteiger partial charge in [-0.2, -0.15) is 0 Å². The number of benzene rings is 2. The minimum absolute atomic E-state index is 0.00900. The Morgan fingerprint density at radius 2 is 1.71 bits per heavy atom. The maximum absolute atomic E-state index is 12.6. The lowest BCUT2D eigenvalue weighted by molar-refractivity contribution is -0.138. The summed E-state index contributed by atoms with van der Waals surface area (Å²) in [6.07, 6.45) is 0.116. The second-order valence-corrected chi connectivity index (χ2v) is 9.16. The fourth-order valence-corrected chi connectivity index (χ4v) is 4.95. The highest BCUT2D eigenvalue weighted by molar-refractivity contribution is 5.82. The molecule has 3 atom stereocenters. The number of alkyl carbamates (subject to hydrolysis) is 1. The summed E-state index contributed by atoms with van der Waals surface area (Å²) in [4.78, 5) is 36.0. The summed E-state index contributed by atoms with van der Waals surface area (Å²) in [5, 5.41) is 14.6. The summed E-state index contributed by atoms with van der Waals surface area (Å²) in [5.41, 5.74) is 4.64. The van der Waals surface area contributed by atoms with Crippen molar-refractivity contribution in [3.8, 4) is 11.1 Å². The SMILES string of the molecule is CCC(CNC(=O)[C@@H]1OCC[C@@H]1CNC(=O)OCC1c2ccccc2-c2ccccc21)CC(=O)O. The molecule has 8 heteroatoms. The largest absolute Gasteiger partial charge is 0.481 e. The fraction of sp³-hybridized carbons (Fsp3) is 0.444. The predicted molar refractivity (Wildman–Crippen MR) is 130 cm³/mol. The van der Waals surface area contributed by atoms with Crippen LogP contribution in [0.15, 0.2) is 48.5 Å². The zero-order chi connectivity index (χ0) is 24.8. The van der Waals surface area contributed by atoms with Gasteiger partial charge in [0.25, 0.3) is 0 Å². The van der Waals surface area contributed by atoms with E-state index in [2.05, 4.69) is 34.9 Å². The summed E-state index contributed by atoms with van der Waals surface area (Å²) in [7, 11) is 0.